The standard InChI is InChI=1S/C11H23NO2/c1-10(2)14-6-4-5-12-7-11(3)8-13-9-11/h10,12H,4-9H2,1-3H3. The van der Waals surface area contributed by atoms with Gasteiger partial charge in [0.05, 0.1) is 19.3 Å². The van der Waals surface area contributed by atoms with E-state index in [0.717, 1.165) is 39.3 Å². The highest BCUT2D eigenvalue weighted by atomic mass is 16.5. The van der Waals surface area contributed by atoms with Crippen LogP contribution in [0.15, 0.2) is 0 Å². The molecule has 0 unspecified atom stereocenters. The molecule has 14 heavy (non-hydrogen) atoms. The Bertz CT molecular complexity index is 155. The molecule has 0 atom stereocenters. The maximum Gasteiger partial charge on any atom is 0.0554 e. The van der Waals surface area contributed by atoms with Crippen molar-refractivity contribution in [1.82, 2.24) is 5.32 Å². The molecule has 1 saturated heterocycles. The molecule has 0 saturated carbocycles. The van der Waals surface area contributed by atoms with Crippen molar-refractivity contribution in [3.8, 4) is 0 Å². The highest BCUT2D eigenvalue weighted by Gasteiger charge is 2.32. The lowest BCUT2D eigenvalue weighted by atomic mass is 9.89. The zero-order chi connectivity index (χ0) is 10.4. The van der Waals surface area contributed by atoms with E-state index in [-0.39, 0.29) is 0 Å². The summed E-state index contributed by atoms with van der Waals surface area (Å²) in [5, 5.41) is 3.44. The summed E-state index contributed by atoms with van der Waals surface area (Å²) in [5.41, 5.74) is 0.388. The molecule has 1 aliphatic heterocycles. The largest absolute Gasteiger partial charge is 0.380 e. The van der Waals surface area contributed by atoms with Crippen LogP contribution in [0.25, 0.3) is 0 Å². The van der Waals surface area contributed by atoms with E-state index < -0.39 is 0 Å². The average molecular weight is 201 g/mol. The van der Waals surface area contributed by atoms with Gasteiger partial charge in [-0.1, -0.05) is 6.92 Å². The first-order chi connectivity index (χ1) is 6.62. The van der Waals surface area contributed by atoms with E-state index >= 15 is 0 Å². The fourth-order valence-corrected chi connectivity index (χ4v) is 1.46. The predicted octanol–water partition coefficient (Wildman–Crippen LogP) is 1.43. The smallest absolute Gasteiger partial charge is 0.0554 e. The summed E-state index contributed by atoms with van der Waals surface area (Å²) >= 11 is 0. The van der Waals surface area contributed by atoms with Crippen LogP contribution < -0.4 is 5.32 Å². The second-order valence-electron chi connectivity index (χ2n) is 4.75. The lowest BCUT2D eigenvalue weighted by molar-refractivity contribution is -0.0990. The Kier molecular flexibility index (Phi) is 4.85. The fourth-order valence-electron chi connectivity index (χ4n) is 1.46. The molecular formula is C11H23NO2. The summed E-state index contributed by atoms with van der Waals surface area (Å²) in [6.07, 6.45) is 1.45. The average Bonchev–Trinajstić information content (AvgIpc) is 2.07. The van der Waals surface area contributed by atoms with Crippen molar-refractivity contribution >= 4 is 0 Å². The molecule has 3 heteroatoms. The second-order valence-corrected chi connectivity index (χ2v) is 4.75. The molecule has 0 radical (unpaired) electrons. The predicted molar refractivity (Wildman–Crippen MR) is 57.5 cm³/mol. The van der Waals surface area contributed by atoms with E-state index in [2.05, 4.69) is 26.1 Å². The first-order valence-electron chi connectivity index (χ1n) is 5.52. The monoisotopic (exact) mass is 201 g/mol. The molecule has 0 aliphatic carbocycles. The third-order valence-electron chi connectivity index (χ3n) is 2.40. The quantitative estimate of drug-likeness (QED) is 0.632. The highest BCUT2D eigenvalue weighted by molar-refractivity contribution is 4.82. The van der Waals surface area contributed by atoms with Crippen LogP contribution in [0, 0.1) is 5.41 Å². The molecule has 1 fully saturated rings. The van der Waals surface area contributed by atoms with Gasteiger partial charge in [0.15, 0.2) is 0 Å². The van der Waals surface area contributed by atoms with Crippen molar-refractivity contribution in [3.63, 3.8) is 0 Å². The van der Waals surface area contributed by atoms with Crippen LogP contribution in [0.2, 0.25) is 0 Å². The molecule has 1 aliphatic rings. The highest BCUT2D eigenvalue weighted by Crippen LogP contribution is 2.24. The molecule has 0 aromatic heterocycles. The van der Waals surface area contributed by atoms with E-state index in [1.54, 1.807) is 0 Å². The molecule has 1 N–H and O–H groups in total. The zero-order valence-electron chi connectivity index (χ0n) is 9.64. The van der Waals surface area contributed by atoms with Gasteiger partial charge < -0.3 is 14.8 Å². The summed E-state index contributed by atoms with van der Waals surface area (Å²) in [6.45, 7) is 11.2. The van der Waals surface area contributed by atoms with Crippen LogP contribution in [0.5, 0.6) is 0 Å². The molecule has 1 heterocycles. The first-order valence-corrected chi connectivity index (χ1v) is 5.52. The Morgan fingerprint density at radius 3 is 2.64 bits per heavy atom. The lowest BCUT2D eigenvalue weighted by Crippen LogP contribution is -2.47. The normalized spacial score (nSPS) is 19.7. The van der Waals surface area contributed by atoms with Gasteiger partial charge in [-0.2, -0.15) is 0 Å². The third-order valence-corrected chi connectivity index (χ3v) is 2.40. The van der Waals surface area contributed by atoms with Crippen LogP contribution in [0.4, 0.5) is 0 Å². The van der Waals surface area contributed by atoms with E-state index in [4.69, 9.17) is 9.47 Å². The van der Waals surface area contributed by atoms with Gasteiger partial charge in [-0.05, 0) is 26.8 Å². The van der Waals surface area contributed by atoms with Gasteiger partial charge in [-0.25, -0.2) is 0 Å². The number of hydrogen-bond donors (Lipinski definition) is 1. The van der Waals surface area contributed by atoms with Crippen LogP contribution in [0.3, 0.4) is 0 Å². The van der Waals surface area contributed by atoms with E-state index in [0.29, 0.717) is 11.5 Å². The van der Waals surface area contributed by atoms with Crippen molar-refractivity contribution in [3.05, 3.63) is 0 Å². The Labute approximate surface area is 87.2 Å². The van der Waals surface area contributed by atoms with E-state index in [1.165, 1.54) is 0 Å². The molecule has 0 bridgehead atoms. The molecule has 0 spiro atoms. The first kappa shape index (κ1) is 12.0. The summed E-state index contributed by atoms with van der Waals surface area (Å²) < 4.78 is 10.6. The molecule has 1 rings (SSSR count). The molecule has 3 nitrogen and oxygen atoms in total. The Hall–Kier alpha value is -0.120. The molecule has 0 amide bonds. The fraction of sp³-hybridized carbons (Fsp3) is 1.00. The minimum Gasteiger partial charge on any atom is -0.380 e. The minimum absolute atomic E-state index is 0.354. The summed E-state index contributed by atoms with van der Waals surface area (Å²) in [6, 6.07) is 0. The van der Waals surface area contributed by atoms with Gasteiger partial charge in [-0.15, -0.1) is 0 Å². The van der Waals surface area contributed by atoms with Crippen molar-refractivity contribution < 1.29 is 9.47 Å². The third kappa shape index (κ3) is 4.40. The number of rotatable bonds is 7. The van der Waals surface area contributed by atoms with E-state index in [9.17, 15) is 0 Å². The van der Waals surface area contributed by atoms with Crippen molar-refractivity contribution in [2.45, 2.75) is 33.3 Å². The summed E-state index contributed by atoms with van der Waals surface area (Å²) in [4.78, 5) is 0. The Morgan fingerprint density at radius 1 is 1.43 bits per heavy atom. The van der Waals surface area contributed by atoms with Gasteiger partial charge in [-0.3, -0.25) is 0 Å². The maximum atomic E-state index is 5.45. The molecule has 84 valence electrons. The number of ether oxygens (including phenoxy) is 2. The number of hydrogen-bond acceptors (Lipinski definition) is 3. The van der Waals surface area contributed by atoms with Crippen molar-refractivity contribution in [2.75, 3.05) is 32.9 Å². The summed E-state index contributed by atoms with van der Waals surface area (Å²) in [5.74, 6) is 0. The Morgan fingerprint density at radius 2 is 2.14 bits per heavy atom. The summed E-state index contributed by atoms with van der Waals surface area (Å²) in [7, 11) is 0. The lowest BCUT2D eigenvalue weighted by Gasteiger charge is -2.38. The SMILES string of the molecule is CC(C)OCCCNCC1(C)COC1. The topological polar surface area (TPSA) is 30.5 Å². The van der Waals surface area contributed by atoms with Crippen LogP contribution in [0.1, 0.15) is 27.2 Å². The minimum atomic E-state index is 0.354. The van der Waals surface area contributed by atoms with Gasteiger partial charge >= 0.3 is 0 Å². The molecular weight excluding hydrogens is 178 g/mol. The van der Waals surface area contributed by atoms with Crippen LogP contribution in [-0.4, -0.2) is 39.0 Å². The van der Waals surface area contributed by atoms with Gasteiger partial charge in [0.25, 0.3) is 0 Å². The maximum absolute atomic E-state index is 5.45. The second kappa shape index (κ2) is 5.69. The van der Waals surface area contributed by atoms with Crippen molar-refractivity contribution in [2.24, 2.45) is 5.41 Å². The van der Waals surface area contributed by atoms with Crippen molar-refractivity contribution in [1.29, 1.82) is 0 Å². The Balaban J connectivity index is 1.84. The van der Waals surface area contributed by atoms with Gasteiger partial charge in [0, 0.05) is 18.6 Å². The van der Waals surface area contributed by atoms with E-state index in [1.807, 2.05) is 0 Å². The van der Waals surface area contributed by atoms with Gasteiger partial charge in [0.2, 0.25) is 0 Å². The number of nitrogens with one attached hydrogen (secondary N) is 1. The van der Waals surface area contributed by atoms with Gasteiger partial charge in [0.1, 0.15) is 0 Å². The zero-order valence-corrected chi connectivity index (χ0v) is 9.64. The van der Waals surface area contributed by atoms with Crippen LogP contribution in [-0.2, 0) is 9.47 Å². The van der Waals surface area contributed by atoms with Crippen LogP contribution >= 0.6 is 0 Å². The molecule has 0 aromatic carbocycles. The molecule has 0 aromatic rings.